The first-order valence-electron chi connectivity index (χ1n) is 4.09. The molecule has 64 valence electrons. The summed E-state index contributed by atoms with van der Waals surface area (Å²) in [5, 5.41) is 0. The van der Waals surface area contributed by atoms with E-state index in [0.29, 0.717) is 18.4 Å². The summed E-state index contributed by atoms with van der Waals surface area (Å²) in [6.45, 7) is 4.32. The highest BCUT2D eigenvalue weighted by Crippen LogP contribution is 2.39. The van der Waals surface area contributed by atoms with Crippen molar-refractivity contribution in [1.29, 1.82) is 0 Å². The molecule has 1 fully saturated rings. The lowest BCUT2D eigenvalue weighted by Gasteiger charge is -2.08. The molecule has 0 saturated heterocycles. The number of ether oxygens (including phenoxy) is 1. The Bertz CT molecular complexity index is 158. The van der Waals surface area contributed by atoms with E-state index in [1.54, 1.807) is 6.92 Å². The lowest BCUT2D eigenvalue weighted by Crippen LogP contribution is -2.34. The molecular formula is C8H15NO2. The molecule has 2 N–H and O–H groups in total. The zero-order valence-electron chi connectivity index (χ0n) is 7.04. The number of rotatable bonds is 3. The number of hydrogen-bond donors (Lipinski definition) is 1. The summed E-state index contributed by atoms with van der Waals surface area (Å²) in [5.74, 6) is 0.727. The van der Waals surface area contributed by atoms with Gasteiger partial charge in [-0.2, -0.15) is 0 Å². The molecule has 1 aliphatic rings. The van der Waals surface area contributed by atoms with E-state index in [-0.39, 0.29) is 12.0 Å². The van der Waals surface area contributed by atoms with E-state index < -0.39 is 0 Å². The predicted octanol–water partition coefficient (Wildman–Crippen LogP) is 0.533. The van der Waals surface area contributed by atoms with Crippen molar-refractivity contribution in [3.05, 3.63) is 0 Å². The van der Waals surface area contributed by atoms with Gasteiger partial charge in [0.05, 0.1) is 6.61 Å². The molecule has 3 unspecified atom stereocenters. The largest absolute Gasteiger partial charge is 0.465 e. The molecule has 1 saturated carbocycles. The fourth-order valence-corrected chi connectivity index (χ4v) is 1.26. The van der Waals surface area contributed by atoms with E-state index in [9.17, 15) is 4.79 Å². The zero-order valence-corrected chi connectivity index (χ0v) is 7.04. The van der Waals surface area contributed by atoms with Crippen LogP contribution in [0.4, 0.5) is 0 Å². The van der Waals surface area contributed by atoms with Crippen molar-refractivity contribution in [2.45, 2.75) is 26.3 Å². The summed E-state index contributed by atoms with van der Waals surface area (Å²) in [4.78, 5) is 11.0. The number of nitrogens with two attached hydrogens (primary N) is 1. The molecule has 11 heavy (non-hydrogen) atoms. The van der Waals surface area contributed by atoms with Gasteiger partial charge in [-0.1, -0.05) is 6.92 Å². The van der Waals surface area contributed by atoms with Gasteiger partial charge in [-0.25, -0.2) is 0 Å². The first kappa shape index (κ1) is 8.53. The molecule has 3 heteroatoms. The van der Waals surface area contributed by atoms with Crippen LogP contribution >= 0.6 is 0 Å². The minimum Gasteiger partial charge on any atom is -0.465 e. The zero-order chi connectivity index (χ0) is 8.43. The van der Waals surface area contributed by atoms with Crippen LogP contribution in [0, 0.1) is 11.8 Å². The Morgan fingerprint density at radius 3 is 2.73 bits per heavy atom. The molecule has 0 bridgehead atoms. The average Bonchev–Trinajstić information content (AvgIpc) is 2.66. The summed E-state index contributed by atoms with van der Waals surface area (Å²) in [6.07, 6.45) is 1.07. The van der Waals surface area contributed by atoms with Crippen LogP contribution in [0.5, 0.6) is 0 Å². The van der Waals surface area contributed by atoms with Gasteiger partial charge in [-0.15, -0.1) is 0 Å². The fourth-order valence-electron chi connectivity index (χ4n) is 1.26. The molecule has 0 aromatic heterocycles. The third-order valence-corrected chi connectivity index (χ3v) is 2.19. The van der Waals surface area contributed by atoms with E-state index in [0.717, 1.165) is 6.42 Å². The highest BCUT2D eigenvalue weighted by Gasteiger charge is 2.41. The van der Waals surface area contributed by atoms with Crippen LogP contribution in [0.2, 0.25) is 0 Å². The van der Waals surface area contributed by atoms with Crippen molar-refractivity contribution in [2.75, 3.05) is 6.61 Å². The molecule has 0 spiro atoms. The van der Waals surface area contributed by atoms with Gasteiger partial charge in [0, 0.05) is 0 Å². The lowest BCUT2D eigenvalue weighted by molar-refractivity contribution is -0.145. The summed E-state index contributed by atoms with van der Waals surface area (Å²) in [7, 11) is 0. The Kier molecular flexibility index (Phi) is 2.49. The van der Waals surface area contributed by atoms with Gasteiger partial charge in [0.25, 0.3) is 0 Å². The molecule has 0 aromatic carbocycles. The van der Waals surface area contributed by atoms with E-state index in [1.807, 2.05) is 0 Å². The third-order valence-electron chi connectivity index (χ3n) is 2.19. The molecule has 3 atom stereocenters. The van der Waals surface area contributed by atoms with Crippen molar-refractivity contribution >= 4 is 5.97 Å². The van der Waals surface area contributed by atoms with Crippen molar-refractivity contribution in [1.82, 2.24) is 0 Å². The van der Waals surface area contributed by atoms with E-state index >= 15 is 0 Å². The minimum atomic E-state index is -0.384. The number of esters is 1. The first-order chi connectivity index (χ1) is 5.16. The van der Waals surface area contributed by atoms with Crippen LogP contribution in [-0.2, 0) is 9.53 Å². The normalized spacial score (nSPS) is 31.2. The van der Waals surface area contributed by atoms with Crippen LogP contribution in [-0.4, -0.2) is 18.6 Å². The van der Waals surface area contributed by atoms with Gasteiger partial charge in [0.15, 0.2) is 0 Å². The Balaban J connectivity index is 2.29. The van der Waals surface area contributed by atoms with Gasteiger partial charge in [-0.3, -0.25) is 4.79 Å². The molecular weight excluding hydrogens is 142 g/mol. The van der Waals surface area contributed by atoms with Crippen molar-refractivity contribution in [3.8, 4) is 0 Å². The second-order valence-corrected chi connectivity index (χ2v) is 3.15. The second-order valence-electron chi connectivity index (χ2n) is 3.15. The van der Waals surface area contributed by atoms with Crippen LogP contribution in [0.3, 0.4) is 0 Å². The first-order valence-corrected chi connectivity index (χ1v) is 4.09. The number of carbonyl (C=O) groups excluding carboxylic acids is 1. The summed E-state index contributed by atoms with van der Waals surface area (Å²) in [5.41, 5.74) is 5.62. The van der Waals surface area contributed by atoms with Crippen LogP contribution in [0.25, 0.3) is 0 Å². The monoisotopic (exact) mass is 157 g/mol. The lowest BCUT2D eigenvalue weighted by atomic mass is 10.2. The Morgan fingerprint density at radius 2 is 2.36 bits per heavy atom. The Morgan fingerprint density at radius 1 is 1.82 bits per heavy atom. The van der Waals surface area contributed by atoms with E-state index in [2.05, 4.69) is 6.92 Å². The molecule has 0 aliphatic heterocycles. The summed E-state index contributed by atoms with van der Waals surface area (Å²) >= 11 is 0. The Labute approximate surface area is 66.9 Å². The topological polar surface area (TPSA) is 52.3 Å². The predicted molar refractivity (Wildman–Crippen MR) is 41.9 cm³/mol. The second kappa shape index (κ2) is 3.22. The summed E-state index contributed by atoms with van der Waals surface area (Å²) in [6, 6.07) is -0.384. The van der Waals surface area contributed by atoms with Gasteiger partial charge in [0.2, 0.25) is 0 Å². The van der Waals surface area contributed by atoms with Gasteiger partial charge < -0.3 is 10.5 Å². The van der Waals surface area contributed by atoms with Crippen molar-refractivity contribution in [3.63, 3.8) is 0 Å². The van der Waals surface area contributed by atoms with E-state index in [1.165, 1.54) is 0 Å². The molecule has 0 amide bonds. The maximum atomic E-state index is 11.0. The molecule has 0 heterocycles. The number of carbonyl (C=O) groups is 1. The maximum Gasteiger partial charge on any atom is 0.323 e. The Hall–Kier alpha value is -0.570. The summed E-state index contributed by atoms with van der Waals surface area (Å²) < 4.78 is 4.79. The highest BCUT2D eigenvalue weighted by atomic mass is 16.5. The molecule has 0 radical (unpaired) electrons. The average molecular weight is 157 g/mol. The van der Waals surface area contributed by atoms with Gasteiger partial charge in [0.1, 0.15) is 6.04 Å². The minimum absolute atomic E-state index is 0.248. The smallest absolute Gasteiger partial charge is 0.323 e. The molecule has 0 aromatic rings. The maximum absolute atomic E-state index is 11.0. The quantitative estimate of drug-likeness (QED) is 0.608. The highest BCUT2D eigenvalue weighted by molar-refractivity contribution is 5.76. The van der Waals surface area contributed by atoms with Crippen molar-refractivity contribution < 1.29 is 9.53 Å². The van der Waals surface area contributed by atoms with Crippen molar-refractivity contribution in [2.24, 2.45) is 17.6 Å². The van der Waals surface area contributed by atoms with Crippen LogP contribution < -0.4 is 5.73 Å². The van der Waals surface area contributed by atoms with Gasteiger partial charge in [-0.05, 0) is 25.2 Å². The third kappa shape index (κ3) is 1.93. The molecule has 1 aliphatic carbocycles. The molecule has 1 rings (SSSR count). The standard InChI is InChI=1S/C8H15NO2/c1-3-11-8(10)7(9)6-4-5(6)2/h5-7H,3-4,9H2,1-2H3. The van der Waals surface area contributed by atoms with Crippen LogP contribution in [0.15, 0.2) is 0 Å². The fraction of sp³-hybridized carbons (Fsp3) is 0.875. The van der Waals surface area contributed by atoms with Gasteiger partial charge >= 0.3 is 5.97 Å². The van der Waals surface area contributed by atoms with Crippen LogP contribution in [0.1, 0.15) is 20.3 Å². The van der Waals surface area contributed by atoms with E-state index in [4.69, 9.17) is 10.5 Å². The SMILES string of the molecule is CCOC(=O)C(N)C1CC1C. The number of hydrogen-bond acceptors (Lipinski definition) is 3. The molecule has 3 nitrogen and oxygen atoms in total.